The standard InChI is InChI=1S/C24H23F3N4O4/c1-3-4-5-20(28-2)30-24(34)18-8-13(25)9-19-21(18)31-23(29-19)16-7-6-15(10-17(16)22(26)27)35-12-14(33)11-32/h3-10,14,22,32-33H,2,11-12H2,1H3,(H,29,31)(H,30,34). The van der Waals surface area contributed by atoms with E-state index in [2.05, 4.69) is 27.0 Å². The number of carbonyl (C=O) groups is 1. The van der Waals surface area contributed by atoms with Crippen LogP contribution in [0.1, 0.15) is 29.3 Å². The van der Waals surface area contributed by atoms with Gasteiger partial charge in [-0.25, -0.2) is 23.1 Å². The Morgan fingerprint density at radius 3 is 2.77 bits per heavy atom. The first-order chi connectivity index (χ1) is 16.8. The number of fused-ring (bicyclic) bond motifs is 1. The summed E-state index contributed by atoms with van der Waals surface area (Å²) in [5.74, 6) is -1.28. The normalized spacial score (nSPS) is 12.9. The minimum Gasteiger partial charge on any atom is -0.491 e. The largest absolute Gasteiger partial charge is 0.491 e. The second kappa shape index (κ2) is 11.4. The molecular weight excluding hydrogens is 465 g/mol. The lowest BCUT2D eigenvalue weighted by Crippen LogP contribution is -2.22. The lowest BCUT2D eigenvalue weighted by molar-refractivity contribution is 0.0534. The van der Waals surface area contributed by atoms with Crippen molar-refractivity contribution in [1.82, 2.24) is 15.3 Å². The molecule has 8 nitrogen and oxygen atoms in total. The average molecular weight is 488 g/mol. The number of benzene rings is 2. The van der Waals surface area contributed by atoms with E-state index >= 15 is 0 Å². The van der Waals surface area contributed by atoms with E-state index in [-0.39, 0.29) is 46.2 Å². The summed E-state index contributed by atoms with van der Waals surface area (Å²) in [7, 11) is 0. The maximum Gasteiger partial charge on any atom is 0.264 e. The molecule has 0 aliphatic heterocycles. The number of aliphatic imine (C=N–C) groups is 1. The van der Waals surface area contributed by atoms with Crippen LogP contribution < -0.4 is 10.1 Å². The minimum atomic E-state index is -2.91. The van der Waals surface area contributed by atoms with Crippen LogP contribution in [0.25, 0.3) is 22.4 Å². The van der Waals surface area contributed by atoms with Gasteiger partial charge in [0, 0.05) is 11.1 Å². The van der Waals surface area contributed by atoms with Gasteiger partial charge in [-0.05, 0) is 50.0 Å². The molecule has 0 aliphatic rings. The summed E-state index contributed by atoms with van der Waals surface area (Å²) in [5.41, 5.74) is -0.352. The molecule has 1 heterocycles. The van der Waals surface area contributed by atoms with Crippen LogP contribution in [-0.4, -0.2) is 52.1 Å². The summed E-state index contributed by atoms with van der Waals surface area (Å²) in [5, 5.41) is 20.8. The van der Waals surface area contributed by atoms with Crippen LogP contribution in [0, 0.1) is 5.82 Å². The van der Waals surface area contributed by atoms with Gasteiger partial charge in [0.15, 0.2) is 0 Å². The molecule has 0 spiro atoms. The number of hydrogen-bond acceptors (Lipinski definition) is 6. The second-order valence-electron chi connectivity index (χ2n) is 7.32. The van der Waals surface area contributed by atoms with Gasteiger partial charge < -0.3 is 25.3 Å². The van der Waals surface area contributed by atoms with Crippen LogP contribution in [0.5, 0.6) is 5.75 Å². The third kappa shape index (κ3) is 6.14. The Bertz CT molecular complexity index is 1290. The molecule has 0 radical (unpaired) electrons. The number of hydrogen-bond donors (Lipinski definition) is 4. The van der Waals surface area contributed by atoms with Crippen LogP contribution >= 0.6 is 0 Å². The van der Waals surface area contributed by atoms with E-state index < -0.39 is 36.4 Å². The number of nitrogens with zero attached hydrogens (tertiary/aromatic N) is 2. The van der Waals surface area contributed by atoms with E-state index in [1.807, 2.05) is 0 Å². The van der Waals surface area contributed by atoms with E-state index in [1.54, 1.807) is 19.1 Å². The molecule has 3 aromatic rings. The van der Waals surface area contributed by atoms with Crippen molar-refractivity contribution in [3.8, 4) is 17.1 Å². The molecular formula is C24H23F3N4O4. The Balaban J connectivity index is 2.02. The molecule has 11 heteroatoms. The quantitative estimate of drug-likeness (QED) is 0.255. The number of nitrogens with one attached hydrogen (secondary N) is 2. The van der Waals surface area contributed by atoms with Crippen LogP contribution in [-0.2, 0) is 0 Å². The minimum absolute atomic E-state index is 0.0107. The zero-order chi connectivity index (χ0) is 25.5. The maximum absolute atomic E-state index is 14.3. The Morgan fingerprint density at radius 1 is 1.34 bits per heavy atom. The number of amides is 1. The highest BCUT2D eigenvalue weighted by atomic mass is 19.3. The highest BCUT2D eigenvalue weighted by Gasteiger charge is 2.21. The van der Waals surface area contributed by atoms with Crippen molar-refractivity contribution < 1.29 is 32.9 Å². The lowest BCUT2D eigenvalue weighted by Gasteiger charge is -2.13. The topological polar surface area (TPSA) is 120 Å². The number of aliphatic hydroxyl groups is 2. The van der Waals surface area contributed by atoms with Gasteiger partial charge >= 0.3 is 0 Å². The molecule has 1 unspecified atom stereocenters. The van der Waals surface area contributed by atoms with E-state index in [0.717, 1.165) is 18.2 Å². The van der Waals surface area contributed by atoms with Gasteiger partial charge in [0.1, 0.15) is 41.4 Å². The summed E-state index contributed by atoms with van der Waals surface area (Å²) < 4.78 is 47.2. The first-order valence-corrected chi connectivity index (χ1v) is 10.4. The molecule has 35 heavy (non-hydrogen) atoms. The van der Waals surface area contributed by atoms with Gasteiger partial charge in [-0.1, -0.05) is 12.2 Å². The third-order valence-corrected chi connectivity index (χ3v) is 4.82. The van der Waals surface area contributed by atoms with Crippen molar-refractivity contribution in [2.45, 2.75) is 19.5 Å². The molecule has 0 saturated carbocycles. The first kappa shape index (κ1) is 25.7. The first-order valence-electron chi connectivity index (χ1n) is 10.4. The molecule has 0 saturated heterocycles. The zero-order valence-corrected chi connectivity index (χ0v) is 18.6. The number of aromatic amines is 1. The number of imidazole rings is 1. The van der Waals surface area contributed by atoms with E-state index in [9.17, 15) is 23.1 Å². The molecule has 2 aromatic carbocycles. The van der Waals surface area contributed by atoms with Gasteiger partial charge in [-0.2, -0.15) is 0 Å². The molecule has 0 fully saturated rings. The molecule has 0 aliphatic carbocycles. The summed E-state index contributed by atoms with van der Waals surface area (Å²) in [4.78, 5) is 23.6. The number of carbonyl (C=O) groups excluding carboxylic acids is 1. The summed E-state index contributed by atoms with van der Waals surface area (Å²) in [6, 6.07) is 5.88. The SMILES string of the molecule is C=NC(=CC=CC)NC(=O)c1cc(F)cc2[nH]c(-c3ccc(OCC(O)CO)cc3C(F)F)nc12. The molecule has 184 valence electrons. The monoisotopic (exact) mass is 488 g/mol. The third-order valence-electron chi connectivity index (χ3n) is 4.82. The lowest BCUT2D eigenvalue weighted by atomic mass is 10.1. The van der Waals surface area contributed by atoms with Gasteiger partial charge in [0.25, 0.3) is 12.3 Å². The fraction of sp³-hybridized carbons (Fsp3) is 0.208. The number of allylic oxidation sites excluding steroid dienone is 3. The molecule has 1 aromatic heterocycles. The van der Waals surface area contributed by atoms with E-state index in [1.165, 1.54) is 18.2 Å². The molecule has 4 N–H and O–H groups in total. The van der Waals surface area contributed by atoms with Crippen molar-refractivity contribution in [2.75, 3.05) is 13.2 Å². The highest BCUT2D eigenvalue weighted by molar-refractivity contribution is 6.06. The number of alkyl halides is 2. The fourth-order valence-electron chi connectivity index (χ4n) is 3.16. The Hall–Kier alpha value is -3.96. The molecule has 1 amide bonds. The van der Waals surface area contributed by atoms with Crippen LogP contribution in [0.3, 0.4) is 0 Å². The van der Waals surface area contributed by atoms with Crippen molar-refractivity contribution in [3.63, 3.8) is 0 Å². The number of aromatic nitrogens is 2. The van der Waals surface area contributed by atoms with Gasteiger partial charge in [-0.3, -0.25) is 4.79 Å². The predicted octanol–water partition coefficient (Wildman–Crippen LogP) is 3.89. The van der Waals surface area contributed by atoms with E-state index in [4.69, 9.17) is 9.84 Å². The van der Waals surface area contributed by atoms with Crippen molar-refractivity contribution in [2.24, 2.45) is 4.99 Å². The number of H-pyrrole nitrogens is 1. The van der Waals surface area contributed by atoms with Gasteiger partial charge in [0.2, 0.25) is 0 Å². The van der Waals surface area contributed by atoms with E-state index in [0.29, 0.717) is 0 Å². The molecule has 1 atom stereocenters. The number of aliphatic hydroxyl groups excluding tert-OH is 2. The average Bonchev–Trinajstić information content (AvgIpc) is 3.27. The predicted molar refractivity (Wildman–Crippen MR) is 125 cm³/mol. The number of ether oxygens (including phenoxy) is 1. The summed E-state index contributed by atoms with van der Waals surface area (Å²) >= 11 is 0. The second-order valence-corrected chi connectivity index (χ2v) is 7.32. The van der Waals surface area contributed by atoms with Gasteiger partial charge in [0.05, 0.1) is 17.7 Å². The number of halogens is 3. The number of rotatable bonds is 10. The van der Waals surface area contributed by atoms with Crippen molar-refractivity contribution in [3.05, 3.63) is 71.3 Å². The Morgan fingerprint density at radius 2 is 2.11 bits per heavy atom. The maximum atomic E-state index is 14.3. The van der Waals surface area contributed by atoms with Crippen LogP contribution in [0.4, 0.5) is 13.2 Å². The summed E-state index contributed by atoms with van der Waals surface area (Å²) in [6.07, 6.45) is 0.756. The smallest absolute Gasteiger partial charge is 0.264 e. The van der Waals surface area contributed by atoms with Crippen LogP contribution in [0.2, 0.25) is 0 Å². The van der Waals surface area contributed by atoms with Gasteiger partial charge in [-0.15, -0.1) is 0 Å². The molecule has 3 rings (SSSR count). The van der Waals surface area contributed by atoms with Crippen LogP contribution in [0.15, 0.2) is 59.4 Å². The Labute approximate surface area is 198 Å². The highest BCUT2D eigenvalue weighted by Crippen LogP contribution is 2.34. The van der Waals surface area contributed by atoms with Crippen molar-refractivity contribution >= 4 is 23.7 Å². The fourth-order valence-corrected chi connectivity index (χ4v) is 3.16. The summed E-state index contributed by atoms with van der Waals surface area (Å²) in [6.45, 7) is 4.32. The van der Waals surface area contributed by atoms with Crippen molar-refractivity contribution in [1.29, 1.82) is 0 Å². The molecule has 0 bridgehead atoms. The Kier molecular flexibility index (Phi) is 8.39. The zero-order valence-electron chi connectivity index (χ0n) is 18.6.